The van der Waals surface area contributed by atoms with Crippen molar-refractivity contribution in [3.63, 3.8) is 0 Å². The number of aromatic nitrogens is 1. The van der Waals surface area contributed by atoms with Gasteiger partial charge in [-0.1, -0.05) is 5.16 Å². The second-order valence-corrected chi connectivity index (χ2v) is 3.63. The molecule has 0 saturated carbocycles. The van der Waals surface area contributed by atoms with Crippen LogP contribution in [-0.2, 0) is 6.61 Å². The highest BCUT2D eigenvalue weighted by Gasteiger charge is 2.11. The third-order valence-corrected chi connectivity index (χ3v) is 2.29. The molecule has 1 N–H and O–H groups in total. The van der Waals surface area contributed by atoms with E-state index in [9.17, 15) is 9.50 Å². The average molecular weight is 237 g/mol. The van der Waals surface area contributed by atoms with Crippen molar-refractivity contribution in [1.29, 1.82) is 0 Å². The molecule has 4 nitrogen and oxygen atoms in total. The largest absolute Gasteiger partial charge is 0.485 e. The van der Waals surface area contributed by atoms with Crippen molar-refractivity contribution >= 4 is 0 Å². The van der Waals surface area contributed by atoms with Crippen LogP contribution < -0.4 is 4.74 Å². The lowest BCUT2D eigenvalue weighted by Crippen LogP contribution is -2.01. The van der Waals surface area contributed by atoms with Crippen molar-refractivity contribution in [3.8, 4) is 5.75 Å². The lowest BCUT2D eigenvalue weighted by Gasteiger charge is -2.12. The van der Waals surface area contributed by atoms with Gasteiger partial charge in [0.15, 0.2) is 5.76 Å². The van der Waals surface area contributed by atoms with Crippen molar-refractivity contribution in [1.82, 2.24) is 5.16 Å². The Kier molecular flexibility index (Phi) is 3.39. The second-order valence-electron chi connectivity index (χ2n) is 3.63. The van der Waals surface area contributed by atoms with E-state index in [1.807, 2.05) is 0 Å². The molecule has 90 valence electrons. The molecule has 1 aromatic heterocycles. The quantitative estimate of drug-likeness (QED) is 0.887. The first-order chi connectivity index (χ1) is 8.16. The fourth-order valence-electron chi connectivity index (χ4n) is 1.44. The Morgan fingerprint density at radius 1 is 1.47 bits per heavy atom. The Balaban J connectivity index is 2.16. The molecule has 2 aromatic rings. The van der Waals surface area contributed by atoms with Gasteiger partial charge in [-0.3, -0.25) is 0 Å². The molecule has 0 amide bonds. The number of ether oxygens (including phenoxy) is 1. The SMILES string of the molecule is C[C@H](O)c1ccc(F)cc1OCc1ccno1. The van der Waals surface area contributed by atoms with Crippen molar-refractivity contribution in [2.24, 2.45) is 0 Å². The number of rotatable bonds is 4. The van der Waals surface area contributed by atoms with E-state index in [0.29, 0.717) is 17.1 Å². The van der Waals surface area contributed by atoms with Gasteiger partial charge in [-0.2, -0.15) is 0 Å². The molecule has 1 aromatic carbocycles. The van der Waals surface area contributed by atoms with Crippen LogP contribution in [0.3, 0.4) is 0 Å². The minimum atomic E-state index is -0.722. The van der Waals surface area contributed by atoms with Crippen molar-refractivity contribution in [2.75, 3.05) is 0 Å². The van der Waals surface area contributed by atoms with Gasteiger partial charge in [0.05, 0.1) is 12.3 Å². The van der Waals surface area contributed by atoms with Crippen LogP contribution in [0.1, 0.15) is 24.4 Å². The van der Waals surface area contributed by atoms with Gasteiger partial charge in [0.2, 0.25) is 0 Å². The van der Waals surface area contributed by atoms with E-state index in [1.54, 1.807) is 13.0 Å². The predicted octanol–water partition coefficient (Wildman–Crippen LogP) is 2.45. The Morgan fingerprint density at radius 2 is 2.29 bits per heavy atom. The lowest BCUT2D eigenvalue weighted by molar-refractivity contribution is 0.186. The highest BCUT2D eigenvalue weighted by Crippen LogP contribution is 2.26. The van der Waals surface area contributed by atoms with Crippen LogP contribution in [-0.4, -0.2) is 10.3 Å². The van der Waals surface area contributed by atoms with E-state index in [1.165, 1.54) is 24.4 Å². The number of aliphatic hydroxyl groups is 1. The van der Waals surface area contributed by atoms with Gasteiger partial charge < -0.3 is 14.4 Å². The lowest BCUT2D eigenvalue weighted by atomic mass is 10.1. The molecule has 1 heterocycles. The molecule has 0 aliphatic heterocycles. The molecule has 0 aliphatic carbocycles. The van der Waals surface area contributed by atoms with Crippen LogP contribution in [0.25, 0.3) is 0 Å². The van der Waals surface area contributed by atoms with Gasteiger partial charge in [0, 0.05) is 17.7 Å². The Bertz CT molecular complexity index is 483. The van der Waals surface area contributed by atoms with E-state index in [0.717, 1.165) is 0 Å². The summed E-state index contributed by atoms with van der Waals surface area (Å²) in [6.07, 6.45) is 0.778. The Labute approximate surface area is 97.6 Å². The topological polar surface area (TPSA) is 55.5 Å². The highest BCUT2D eigenvalue weighted by atomic mass is 19.1. The zero-order valence-corrected chi connectivity index (χ0v) is 9.26. The summed E-state index contributed by atoms with van der Waals surface area (Å²) in [5, 5.41) is 13.0. The standard InChI is InChI=1S/C12H12FNO3/c1-8(15)11-3-2-9(13)6-12(11)16-7-10-4-5-14-17-10/h2-6,8,15H,7H2,1H3/t8-/m0/s1. The van der Waals surface area contributed by atoms with Crippen LogP contribution in [0.15, 0.2) is 35.0 Å². The molecule has 0 unspecified atom stereocenters. The zero-order valence-electron chi connectivity index (χ0n) is 9.26. The highest BCUT2D eigenvalue weighted by molar-refractivity contribution is 5.35. The fraction of sp³-hybridized carbons (Fsp3) is 0.250. The van der Waals surface area contributed by atoms with E-state index in [-0.39, 0.29) is 6.61 Å². The molecule has 2 rings (SSSR count). The molecule has 0 fully saturated rings. The average Bonchev–Trinajstić information content (AvgIpc) is 2.78. The summed E-state index contributed by atoms with van der Waals surface area (Å²) in [6.45, 7) is 1.73. The van der Waals surface area contributed by atoms with E-state index >= 15 is 0 Å². The van der Waals surface area contributed by atoms with Crippen LogP contribution in [0, 0.1) is 5.82 Å². The Morgan fingerprint density at radius 3 is 2.94 bits per heavy atom. The summed E-state index contributed by atoms with van der Waals surface area (Å²) in [6, 6.07) is 5.67. The minimum absolute atomic E-state index is 0.142. The summed E-state index contributed by atoms with van der Waals surface area (Å²) in [7, 11) is 0. The summed E-state index contributed by atoms with van der Waals surface area (Å²) in [5.74, 6) is 0.421. The van der Waals surface area contributed by atoms with Crippen LogP contribution in [0.4, 0.5) is 4.39 Å². The van der Waals surface area contributed by atoms with Crippen molar-refractivity contribution < 1.29 is 18.8 Å². The summed E-state index contributed by atoms with van der Waals surface area (Å²) < 4.78 is 23.3. The van der Waals surface area contributed by atoms with Gasteiger partial charge in [-0.25, -0.2) is 4.39 Å². The first-order valence-corrected chi connectivity index (χ1v) is 5.16. The normalized spacial score (nSPS) is 12.4. The Hall–Kier alpha value is -1.88. The van der Waals surface area contributed by atoms with Gasteiger partial charge in [0.25, 0.3) is 0 Å². The van der Waals surface area contributed by atoms with Crippen LogP contribution in [0.2, 0.25) is 0 Å². The number of benzene rings is 1. The number of nitrogens with zero attached hydrogens (tertiary/aromatic N) is 1. The second kappa shape index (κ2) is 4.97. The molecule has 1 atom stereocenters. The van der Waals surface area contributed by atoms with Gasteiger partial charge in [-0.15, -0.1) is 0 Å². The molecule has 0 aliphatic rings. The monoisotopic (exact) mass is 237 g/mol. The van der Waals surface area contributed by atoms with Crippen LogP contribution in [0.5, 0.6) is 5.75 Å². The molecule has 5 heteroatoms. The number of halogens is 1. The minimum Gasteiger partial charge on any atom is -0.485 e. The van der Waals surface area contributed by atoms with E-state index in [4.69, 9.17) is 9.26 Å². The maximum Gasteiger partial charge on any atom is 0.174 e. The maximum atomic E-state index is 13.1. The van der Waals surface area contributed by atoms with Gasteiger partial charge >= 0.3 is 0 Å². The van der Waals surface area contributed by atoms with Crippen molar-refractivity contribution in [3.05, 3.63) is 47.6 Å². The molecular formula is C12H12FNO3. The first-order valence-electron chi connectivity index (χ1n) is 5.16. The molecule has 17 heavy (non-hydrogen) atoms. The molecular weight excluding hydrogens is 225 g/mol. The maximum absolute atomic E-state index is 13.1. The van der Waals surface area contributed by atoms with Crippen LogP contribution >= 0.6 is 0 Å². The smallest absolute Gasteiger partial charge is 0.174 e. The summed E-state index contributed by atoms with van der Waals surface area (Å²) in [4.78, 5) is 0. The van der Waals surface area contributed by atoms with E-state index in [2.05, 4.69) is 5.16 Å². The molecule has 0 radical (unpaired) electrons. The molecule has 0 bridgehead atoms. The first kappa shape index (κ1) is 11.6. The van der Waals surface area contributed by atoms with E-state index < -0.39 is 11.9 Å². The summed E-state index contributed by atoms with van der Waals surface area (Å²) >= 11 is 0. The number of aliphatic hydroxyl groups excluding tert-OH is 1. The van der Waals surface area contributed by atoms with Gasteiger partial charge in [-0.05, 0) is 19.1 Å². The predicted molar refractivity (Wildman–Crippen MR) is 57.9 cm³/mol. The van der Waals surface area contributed by atoms with Crippen molar-refractivity contribution in [2.45, 2.75) is 19.6 Å². The number of hydrogen-bond acceptors (Lipinski definition) is 4. The number of hydrogen-bond donors (Lipinski definition) is 1. The zero-order chi connectivity index (χ0) is 12.3. The fourth-order valence-corrected chi connectivity index (χ4v) is 1.44. The third kappa shape index (κ3) is 2.82. The molecule has 0 spiro atoms. The third-order valence-electron chi connectivity index (χ3n) is 2.29. The van der Waals surface area contributed by atoms with Gasteiger partial charge in [0.1, 0.15) is 18.2 Å². The summed E-state index contributed by atoms with van der Waals surface area (Å²) in [5.41, 5.74) is 0.533. The molecule has 0 saturated heterocycles.